The van der Waals surface area contributed by atoms with E-state index in [1.807, 2.05) is 0 Å². The maximum absolute atomic E-state index is 14.5. The van der Waals surface area contributed by atoms with E-state index in [1.165, 1.54) is 0 Å². The number of hydrogen-bond donors (Lipinski definition) is 1. The van der Waals surface area contributed by atoms with Crippen LogP contribution in [-0.2, 0) is 9.53 Å². The number of thioether (sulfide) groups is 1. The van der Waals surface area contributed by atoms with Crippen molar-refractivity contribution in [1.29, 1.82) is 0 Å². The zero-order valence-electron chi connectivity index (χ0n) is 12.8. The van der Waals surface area contributed by atoms with E-state index in [1.54, 1.807) is 16.7 Å². The molecule has 2 saturated heterocycles. The molecule has 9 heteroatoms. The fraction of sp³-hybridized carbons (Fsp3) is 0.467. The van der Waals surface area contributed by atoms with Gasteiger partial charge in [0.05, 0.1) is 12.2 Å². The molecule has 3 rings (SSSR count). The summed E-state index contributed by atoms with van der Waals surface area (Å²) in [5.74, 6) is -0.518. The predicted molar refractivity (Wildman–Crippen MR) is 87.3 cm³/mol. The minimum atomic E-state index is -1.12. The van der Waals surface area contributed by atoms with Crippen molar-refractivity contribution < 1.29 is 23.1 Å². The van der Waals surface area contributed by atoms with E-state index in [0.717, 1.165) is 35.0 Å². The van der Waals surface area contributed by atoms with Gasteiger partial charge in [-0.1, -0.05) is 0 Å². The van der Waals surface area contributed by atoms with E-state index < -0.39 is 29.7 Å². The van der Waals surface area contributed by atoms with Crippen molar-refractivity contribution in [2.24, 2.45) is 5.73 Å². The SMILES string of the molecule is NC(=O)[C@H]1CN(c2cc(F)c(N3CCCSCC3)c(F)c2)C(=O)O1. The van der Waals surface area contributed by atoms with Gasteiger partial charge in [-0.25, -0.2) is 13.6 Å². The fourth-order valence-corrected chi connectivity index (χ4v) is 3.69. The second-order valence-corrected chi connectivity index (χ2v) is 6.82. The van der Waals surface area contributed by atoms with Crippen molar-refractivity contribution in [3.8, 4) is 0 Å². The molecule has 0 bridgehead atoms. The second kappa shape index (κ2) is 6.84. The van der Waals surface area contributed by atoms with Crippen LogP contribution < -0.4 is 15.5 Å². The van der Waals surface area contributed by atoms with Crippen LogP contribution in [0.1, 0.15) is 6.42 Å². The molecule has 130 valence electrons. The number of nitrogens with two attached hydrogens (primary N) is 1. The van der Waals surface area contributed by atoms with E-state index in [2.05, 4.69) is 0 Å². The van der Waals surface area contributed by atoms with Crippen molar-refractivity contribution >= 4 is 35.1 Å². The molecule has 1 aromatic carbocycles. The number of nitrogens with zero attached hydrogens (tertiary/aromatic N) is 2. The molecule has 0 aromatic heterocycles. The number of carbonyl (C=O) groups is 2. The second-order valence-electron chi connectivity index (χ2n) is 5.60. The van der Waals surface area contributed by atoms with E-state index in [4.69, 9.17) is 10.5 Å². The molecule has 0 radical (unpaired) electrons. The largest absolute Gasteiger partial charge is 0.434 e. The summed E-state index contributed by atoms with van der Waals surface area (Å²) in [5, 5.41) is 0. The van der Waals surface area contributed by atoms with Crippen LogP contribution in [0.15, 0.2) is 12.1 Å². The zero-order chi connectivity index (χ0) is 17.3. The minimum Gasteiger partial charge on any atom is -0.434 e. The third kappa shape index (κ3) is 3.26. The summed E-state index contributed by atoms with van der Waals surface area (Å²) in [6, 6.07) is 2.17. The number of ether oxygens (including phenoxy) is 1. The maximum Gasteiger partial charge on any atom is 0.415 e. The lowest BCUT2D eigenvalue weighted by Crippen LogP contribution is -2.33. The molecule has 2 aliphatic heterocycles. The topological polar surface area (TPSA) is 75.9 Å². The first-order valence-electron chi connectivity index (χ1n) is 7.56. The summed E-state index contributed by atoms with van der Waals surface area (Å²) < 4.78 is 33.8. The standard InChI is InChI=1S/C15H17F2N3O3S/c16-10-6-9(20-8-12(14(18)21)23-15(20)22)7-11(17)13(10)19-2-1-4-24-5-3-19/h6-7,12H,1-5,8H2,(H2,18,21)/t12-/m1/s1. The van der Waals surface area contributed by atoms with Gasteiger partial charge in [-0.3, -0.25) is 9.69 Å². The van der Waals surface area contributed by atoms with Gasteiger partial charge in [-0.05, 0) is 12.2 Å². The highest BCUT2D eigenvalue weighted by molar-refractivity contribution is 7.99. The van der Waals surface area contributed by atoms with Gasteiger partial charge in [0, 0.05) is 31.0 Å². The number of hydrogen-bond acceptors (Lipinski definition) is 5. The third-order valence-electron chi connectivity index (χ3n) is 3.98. The van der Waals surface area contributed by atoms with Gasteiger partial charge in [0.1, 0.15) is 5.69 Å². The number of cyclic esters (lactones) is 1. The molecule has 2 fully saturated rings. The van der Waals surface area contributed by atoms with Gasteiger partial charge in [-0.15, -0.1) is 0 Å². The first-order valence-corrected chi connectivity index (χ1v) is 8.72. The summed E-state index contributed by atoms with van der Waals surface area (Å²) in [6.07, 6.45) is -1.12. The molecule has 1 aromatic rings. The molecule has 0 unspecified atom stereocenters. The van der Waals surface area contributed by atoms with Gasteiger partial charge >= 0.3 is 6.09 Å². The smallest absolute Gasteiger partial charge is 0.415 e. The minimum absolute atomic E-state index is 0.00620. The fourth-order valence-electron chi connectivity index (χ4n) is 2.80. The van der Waals surface area contributed by atoms with Crippen molar-refractivity contribution in [1.82, 2.24) is 0 Å². The van der Waals surface area contributed by atoms with E-state index in [0.29, 0.717) is 13.1 Å². The normalized spacial score (nSPS) is 21.6. The lowest BCUT2D eigenvalue weighted by molar-refractivity contribution is -0.124. The van der Waals surface area contributed by atoms with Crippen molar-refractivity contribution in [3.05, 3.63) is 23.8 Å². The van der Waals surface area contributed by atoms with E-state index in [9.17, 15) is 18.4 Å². The molecule has 2 aliphatic rings. The highest BCUT2D eigenvalue weighted by Gasteiger charge is 2.36. The van der Waals surface area contributed by atoms with Crippen molar-refractivity contribution in [3.63, 3.8) is 0 Å². The van der Waals surface area contributed by atoms with Crippen LogP contribution in [0, 0.1) is 11.6 Å². The van der Waals surface area contributed by atoms with E-state index in [-0.39, 0.29) is 17.9 Å². The first-order chi connectivity index (χ1) is 11.5. The molecule has 2 N–H and O–H groups in total. The number of rotatable bonds is 3. The number of amides is 2. The Morgan fingerprint density at radius 2 is 1.96 bits per heavy atom. The lowest BCUT2D eigenvalue weighted by atomic mass is 10.2. The monoisotopic (exact) mass is 357 g/mol. The molecule has 24 heavy (non-hydrogen) atoms. The Balaban J connectivity index is 1.87. The number of primary amides is 1. The highest BCUT2D eigenvalue weighted by Crippen LogP contribution is 2.32. The van der Waals surface area contributed by atoms with Crippen LogP contribution in [0.4, 0.5) is 25.0 Å². The summed E-state index contributed by atoms with van der Waals surface area (Å²) >= 11 is 1.75. The molecule has 1 atom stereocenters. The molecule has 2 amide bonds. The Morgan fingerprint density at radius 3 is 2.58 bits per heavy atom. The van der Waals surface area contributed by atoms with Crippen LogP contribution in [0.2, 0.25) is 0 Å². The molecule has 0 aliphatic carbocycles. The Hall–Kier alpha value is -2.03. The van der Waals surface area contributed by atoms with Crippen LogP contribution in [0.3, 0.4) is 0 Å². The summed E-state index contributed by atoms with van der Waals surface area (Å²) in [7, 11) is 0. The van der Waals surface area contributed by atoms with Crippen LogP contribution in [0.5, 0.6) is 0 Å². The molecule has 2 heterocycles. The lowest BCUT2D eigenvalue weighted by Gasteiger charge is -2.24. The van der Waals surface area contributed by atoms with Gasteiger partial charge < -0.3 is 15.4 Å². The predicted octanol–water partition coefficient (Wildman–Crippen LogP) is 1.72. The van der Waals surface area contributed by atoms with Crippen molar-refractivity contribution in [2.75, 3.05) is 40.9 Å². The quantitative estimate of drug-likeness (QED) is 0.891. The number of halogens is 2. The summed E-state index contributed by atoms with van der Waals surface area (Å²) in [4.78, 5) is 25.6. The Morgan fingerprint density at radius 1 is 1.25 bits per heavy atom. The van der Waals surface area contributed by atoms with Crippen LogP contribution >= 0.6 is 11.8 Å². The molecular weight excluding hydrogens is 340 g/mol. The molecule has 6 nitrogen and oxygen atoms in total. The van der Waals surface area contributed by atoms with Crippen molar-refractivity contribution in [2.45, 2.75) is 12.5 Å². The number of carbonyl (C=O) groups excluding carboxylic acids is 2. The summed E-state index contributed by atoms with van der Waals surface area (Å²) in [5.41, 5.74) is 5.02. The first kappa shape index (κ1) is 16.8. The average molecular weight is 357 g/mol. The molecule has 0 spiro atoms. The maximum atomic E-state index is 14.5. The van der Waals surface area contributed by atoms with Gasteiger partial charge in [0.15, 0.2) is 17.7 Å². The van der Waals surface area contributed by atoms with Gasteiger partial charge in [0.2, 0.25) is 0 Å². The third-order valence-corrected chi connectivity index (χ3v) is 5.03. The number of anilines is 2. The Labute approximate surface area is 141 Å². The van der Waals surface area contributed by atoms with Gasteiger partial charge in [-0.2, -0.15) is 11.8 Å². The Bertz CT molecular complexity index is 642. The molecular formula is C15H17F2N3O3S. The zero-order valence-corrected chi connectivity index (χ0v) is 13.7. The highest BCUT2D eigenvalue weighted by atomic mass is 32.2. The Kier molecular flexibility index (Phi) is 4.79. The summed E-state index contributed by atoms with van der Waals surface area (Å²) in [6.45, 7) is 0.982. The van der Waals surface area contributed by atoms with Crippen LogP contribution in [0.25, 0.3) is 0 Å². The molecule has 0 saturated carbocycles. The van der Waals surface area contributed by atoms with Crippen LogP contribution in [-0.4, -0.2) is 49.2 Å². The number of benzene rings is 1. The average Bonchev–Trinajstić information content (AvgIpc) is 2.73. The van der Waals surface area contributed by atoms with Gasteiger partial charge in [0.25, 0.3) is 5.91 Å². The van der Waals surface area contributed by atoms with E-state index >= 15 is 0 Å².